The normalized spacial score (nSPS) is 13.8. The van der Waals surface area contributed by atoms with E-state index in [0.29, 0.717) is 0 Å². The molecule has 0 spiro atoms. The van der Waals surface area contributed by atoms with Gasteiger partial charge in [0.25, 0.3) is 5.69 Å². The molecule has 8 nitrogen and oxygen atoms in total. The third-order valence-corrected chi connectivity index (χ3v) is 5.98. The van der Waals surface area contributed by atoms with Crippen molar-refractivity contribution >= 4 is 21.4 Å². The zero-order valence-electron chi connectivity index (χ0n) is 16.6. The molecular weight excluding hydrogens is 420 g/mol. The second-order valence-corrected chi connectivity index (χ2v) is 8.67. The number of nitro groups is 1. The molecule has 2 aromatic rings. The van der Waals surface area contributed by atoms with Crippen LogP contribution < -0.4 is 10.0 Å². The fourth-order valence-electron chi connectivity index (χ4n) is 2.93. The third kappa shape index (κ3) is 5.29. The highest BCUT2D eigenvalue weighted by atomic mass is 32.2. The van der Waals surface area contributed by atoms with Gasteiger partial charge in [-0.3, -0.25) is 10.1 Å². The molecule has 0 aromatic heterocycles. The van der Waals surface area contributed by atoms with E-state index < -0.39 is 56.0 Å². The Morgan fingerprint density at radius 1 is 1.17 bits per heavy atom. The van der Waals surface area contributed by atoms with Crippen molar-refractivity contribution in [3.8, 4) is 0 Å². The van der Waals surface area contributed by atoms with Crippen molar-refractivity contribution in [2.24, 2.45) is 0 Å². The molecule has 164 valence electrons. The fourth-order valence-corrected chi connectivity index (χ4v) is 4.20. The van der Waals surface area contributed by atoms with Crippen LogP contribution in [0.1, 0.15) is 38.9 Å². The molecule has 0 radical (unpaired) electrons. The van der Waals surface area contributed by atoms with E-state index in [0.717, 1.165) is 24.3 Å². The summed E-state index contributed by atoms with van der Waals surface area (Å²) in [5, 5.41) is 24.7. The second-order valence-electron chi connectivity index (χ2n) is 6.95. The van der Waals surface area contributed by atoms with Crippen LogP contribution in [0.15, 0.2) is 41.3 Å². The molecule has 3 N–H and O–H groups in total. The number of hydrogen-bond acceptors (Lipinski definition) is 6. The van der Waals surface area contributed by atoms with Crippen molar-refractivity contribution in [2.75, 3.05) is 5.32 Å². The first kappa shape index (κ1) is 23.6. The van der Waals surface area contributed by atoms with Crippen molar-refractivity contribution < 1.29 is 27.2 Å². The number of aliphatic hydroxyl groups excluding tert-OH is 1. The van der Waals surface area contributed by atoms with Crippen molar-refractivity contribution in [3.63, 3.8) is 0 Å². The topological polar surface area (TPSA) is 122 Å². The van der Waals surface area contributed by atoms with Gasteiger partial charge in [0.15, 0.2) is 0 Å². The van der Waals surface area contributed by atoms with Crippen molar-refractivity contribution in [1.82, 2.24) is 4.72 Å². The summed E-state index contributed by atoms with van der Waals surface area (Å²) in [6.45, 7) is 4.84. The number of sulfonamides is 1. The van der Waals surface area contributed by atoms with Crippen LogP contribution in [0.2, 0.25) is 0 Å². The van der Waals surface area contributed by atoms with Gasteiger partial charge in [-0.15, -0.1) is 0 Å². The summed E-state index contributed by atoms with van der Waals surface area (Å²) in [5.41, 5.74) is -1.20. The molecule has 0 amide bonds. The highest BCUT2D eigenvalue weighted by Gasteiger charge is 2.28. The van der Waals surface area contributed by atoms with Crippen LogP contribution in [0.5, 0.6) is 0 Å². The molecule has 0 fully saturated rings. The second kappa shape index (κ2) is 9.45. The first-order chi connectivity index (χ1) is 14.0. The maximum atomic E-state index is 14.0. The van der Waals surface area contributed by atoms with Gasteiger partial charge in [0.1, 0.15) is 23.4 Å². The van der Waals surface area contributed by atoms with Crippen LogP contribution in [0.4, 0.5) is 20.2 Å². The molecule has 0 unspecified atom stereocenters. The molecule has 0 saturated carbocycles. The summed E-state index contributed by atoms with van der Waals surface area (Å²) in [6, 6.07) is 4.99. The van der Waals surface area contributed by atoms with Gasteiger partial charge in [-0.05, 0) is 44.5 Å². The Morgan fingerprint density at radius 3 is 2.27 bits per heavy atom. The molecule has 2 rings (SSSR count). The number of nitrogens with zero attached hydrogens (tertiary/aromatic N) is 1. The zero-order valence-corrected chi connectivity index (χ0v) is 17.4. The smallest absolute Gasteiger partial charge is 0.293 e. The predicted octanol–water partition coefficient (Wildman–Crippen LogP) is 3.48. The summed E-state index contributed by atoms with van der Waals surface area (Å²) in [4.78, 5) is 10.4. The number of nitrogens with one attached hydrogen (secondary N) is 2. The number of hydrogen-bond donors (Lipinski definition) is 3. The minimum atomic E-state index is -3.97. The number of rotatable bonds is 9. The molecule has 11 heteroatoms. The van der Waals surface area contributed by atoms with Crippen molar-refractivity contribution in [1.29, 1.82) is 0 Å². The van der Waals surface area contributed by atoms with E-state index >= 15 is 0 Å². The van der Waals surface area contributed by atoms with Gasteiger partial charge in [0.05, 0.1) is 21.4 Å². The van der Waals surface area contributed by atoms with E-state index in [9.17, 15) is 32.4 Å². The lowest BCUT2D eigenvalue weighted by Gasteiger charge is -2.25. The SMILES string of the molecule is CC[C@H](Nc1ccc(S(=O)(=O)NC(C)C)cc1[N+](=O)[O-])[C@H](O)c1c(F)cccc1F. The van der Waals surface area contributed by atoms with E-state index in [1.54, 1.807) is 20.8 Å². The molecule has 0 aliphatic rings. The van der Waals surface area contributed by atoms with Crippen LogP contribution >= 0.6 is 0 Å². The molecule has 30 heavy (non-hydrogen) atoms. The van der Waals surface area contributed by atoms with Gasteiger partial charge in [-0.25, -0.2) is 21.9 Å². The van der Waals surface area contributed by atoms with Crippen molar-refractivity contribution in [2.45, 2.75) is 50.3 Å². The number of anilines is 1. The van der Waals surface area contributed by atoms with Crippen LogP contribution in [0, 0.1) is 21.7 Å². The number of nitro benzene ring substituents is 1. The van der Waals surface area contributed by atoms with Crippen LogP contribution in [-0.2, 0) is 10.0 Å². The maximum absolute atomic E-state index is 14.0. The minimum absolute atomic E-state index is 0.0915. The van der Waals surface area contributed by atoms with Gasteiger partial charge in [0.2, 0.25) is 10.0 Å². The number of benzene rings is 2. The molecule has 0 bridgehead atoms. The average Bonchev–Trinajstić information content (AvgIpc) is 2.64. The molecule has 0 heterocycles. The molecule has 2 atom stereocenters. The Bertz CT molecular complexity index is 1010. The van der Waals surface area contributed by atoms with Gasteiger partial charge in [0, 0.05) is 12.1 Å². The van der Waals surface area contributed by atoms with Gasteiger partial charge >= 0.3 is 0 Å². The standard InChI is InChI=1S/C19H23F2N3O5S/c1-4-15(19(25)18-13(20)6-5-7-14(18)21)22-16-9-8-12(10-17(16)24(26)27)30(28,29)23-11(2)3/h5-11,15,19,22-23,25H,4H2,1-3H3/t15-,19-/m0/s1. The van der Waals surface area contributed by atoms with Crippen LogP contribution in [0.3, 0.4) is 0 Å². The quantitative estimate of drug-likeness (QED) is 0.403. The van der Waals surface area contributed by atoms with Crippen LogP contribution in [-0.4, -0.2) is 30.5 Å². The Balaban J connectivity index is 2.42. The van der Waals surface area contributed by atoms with Crippen molar-refractivity contribution in [3.05, 3.63) is 63.7 Å². The highest BCUT2D eigenvalue weighted by molar-refractivity contribution is 7.89. The number of aliphatic hydroxyl groups is 1. The Hall–Kier alpha value is -2.63. The number of halogens is 2. The lowest BCUT2D eigenvalue weighted by Crippen LogP contribution is -2.30. The lowest BCUT2D eigenvalue weighted by molar-refractivity contribution is -0.384. The van der Waals surface area contributed by atoms with E-state index in [4.69, 9.17) is 0 Å². The van der Waals surface area contributed by atoms with Crippen LogP contribution in [0.25, 0.3) is 0 Å². The fraction of sp³-hybridized carbons (Fsp3) is 0.368. The van der Waals surface area contributed by atoms with Gasteiger partial charge in [-0.2, -0.15) is 0 Å². The van der Waals surface area contributed by atoms with E-state index in [-0.39, 0.29) is 17.0 Å². The Labute approximate surface area is 173 Å². The molecule has 0 saturated heterocycles. The molecule has 0 aliphatic heterocycles. The Kier molecular flexibility index (Phi) is 7.45. The summed E-state index contributed by atoms with van der Waals surface area (Å²) < 4.78 is 55.0. The summed E-state index contributed by atoms with van der Waals surface area (Å²) in [7, 11) is -3.97. The highest BCUT2D eigenvalue weighted by Crippen LogP contribution is 2.32. The van der Waals surface area contributed by atoms with Gasteiger partial charge < -0.3 is 10.4 Å². The first-order valence-corrected chi connectivity index (χ1v) is 10.7. The molecule has 0 aliphatic carbocycles. The molecular formula is C19H23F2N3O5S. The summed E-state index contributed by atoms with van der Waals surface area (Å²) in [5.74, 6) is -1.89. The van der Waals surface area contributed by atoms with E-state index in [2.05, 4.69) is 10.0 Å². The third-order valence-electron chi connectivity index (χ3n) is 4.32. The molecule has 2 aromatic carbocycles. The summed E-state index contributed by atoms with van der Waals surface area (Å²) in [6.07, 6.45) is -1.47. The monoisotopic (exact) mass is 443 g/mol. The largest absolute Gasteiger partial charge is 0.386 e. The Morgan fingerprint density at radius 2 is 1.77 bits per heavy atom. The first-order valence-electron chi connectivity index (χ1n) is 9.17. The maximum Gasteiger partial charge on any atom is 0.293 e. The summed E-state index contributed by atoms with van der Waals surface area (Å²) >= 11 is 0. The predicted molar refractivity (Wildman–Crippen MR) is 108 cm³/mol. The van der Waals surface area contributed by atoms with E-state index in [1.807, 2.05) is 0 Å². The van der Waals surface area contributed by atoms with Gasteiger partial charge in [-0.1, -0.05) is 13.0 Å². The lowest BCUT2D eigenvalue weighted by atomic mass is 9.98. The minimum Gasteiger partial charge on any atom is -0.386 e. The average molecular weight is 443 g/mol. The zero-order chi connectivity index (χ0) is 22.6. The van der Waals surface area contributed by atoms with E-state index in [1.165, 1.54) is 12.1 Å².